The van der Waals surface area contributed by atoms with Crippen molar-refractivity contribution in [2.24, 2.45) is 4.99 Å². The summed E-state index contributed by atoms with van der Waals surface area (Å²) in [6.07, 6.45) is 4.25. The molecule has 0 spiro atoms. The highest BCUT2D eigenvalue weighted by Gasteiger charge is 2.25. The third-order valence-electron chi connectivity index (χ3n) is 5.39. The lowest BCUT2D eigenvalue weighted by Gasteiger charge is -2.26. The third-order valence-corrected chi connectivity index (χ3v) is 5.39. The monoisotopic (exact) mass is 427 g/mol. The highest BCUT2D eigenvalue weighted by Crippen LogP contribution is 2.24. The molecule has 1 aliphatic rings. The Kier molecular flexibility index (Phi) is 9.24. The fourth-order valence-corrected chi connectivity index (χ4v) is 3.73. The van der Waals surface area contributed by atoms with Crippen LogP contribution in [-0.2, 0) is 6.54 Å². The number of guanidine groups is 1. The zero-order valence-electron chi connectivity index (χ0n) is 19.1. The summed E-state index contributed by atoms with van der Waals surface area (Å²) in [5, 5.41) is 6.88. The summed E-state index contributed by atoms with van der Waals surface area (Å²) < 4.78 is 11.6. The fourth-order valence-electron chi connectivity index (χ4n) is 3.73. The lowest BCUT2D eigenvalue weighted by atomic mass is 10.2. The zero-order chi connectivity index (χ0) is 21.9. The van der Waals surface area contributed by atoms with E-state index in [9.17, 15) is 0 Å². The fraction of sp³-hybridized carbons (Fsp3) is 0.542. The van der Waals surface area contributed by atoms with Crippen LogP contribution in [0.15, 0.2) is 52.1 Å². The van der Waals surface area contributed by atoms with Crippen LogP contribution in [0, 0.1) is 0 Å². The number of nitrogens with one attached hydrogen (secondary N) is 2. The normalized spacial score (nSPS) is 15.9. The van der Waals surface area contributed by atoms with E-state index in [2.05, 4.69) is 45.6 Å². The lowest BCUT2D eigenvalue weighted by Crippen LogP contribution is -2.42. The molecule has 1 atom stereocenters. The summed E-state index contributed by atoms with van der Waals surface area (Å²) >= 11 is 0. The highest BCUT2D eigenvalue weighted by molar-refractivity contribution is 5.79. The summed E-state index contributed by atoms with van der Waals surface area (Å²) in [7, 11) is 4.09. The molecule has 0 radical (unpaired) electrons. The Morgan fingerprint density at radius 3 is 2.74 bits per heavy atom. The SMILES string of the molecule is CCNC(=NCc1cccc(OCCN(C)C)c1)NCC(c1ccco1)N1CCCC1. The molecule has 2 heterocycles. The van der Waals surface area contributed by atoms with Gasteiger partial charge in [-0.1, -0.05) is 12.1 Å². The predicted octanol–water partition coefficient (Wildman–Crippen LogP) is 3.11. The van der Waals surface area contributed by atoms with Crippen LogP contribution in [-0.4, -0.2) is 69.2 Å². The molecule has 1 aromatic heterocycles. The summed E-state index contributed by atoms with van der Waals surface area (Å²) in [6.45, 7) is 8.04. The topological polar surface area (TPSA) is 65.3 Å². The number of rotatable bonds is 11. The number of benzene rings is 1. The van der Waals surface area contributed by atoms with Gasteiger partial charge >= 0.3 is 0 Å². The third kappa shape index (κ3) is 7.60. The Morgan fingerprint density at radius 1 is 1.19 bits per heavy atom. The first kappa shape index (κ1) is 23.2. The highest BCUT2D eigenvalue weighted by atomic mass is 16.5. The minimum Gasteiger partial charge on any atom is -0.492 e. The Hall–Kier alpha value is -2.51. The Morgan fingerprint density at radius 2 is 2.03 bits per heavy atom. The van der Waals surface area contributed by atoms with Crippen molar-refractivity contribution in [2.75, 3.05) is 53.4 Å². The van der Waals surface area contributed by atoms with Crippen LogP contribution in [0.5, 0.6) is 5.75 Å². The molecule has 7 heteroatoms. The van der Waals surface area contributed by atoms with Crippen LogP contribution in [0.1, 0.15) is 37.1 Å². The summed E-state index contributed by atoms with van der Waals surface area (Å²) in [5.41, 5.74) is 1.13. The molecule has 1 aliphatic heterocycles. The van der Waals surface area contributed by atoms with Crippen LogP contribution in [0.4, 0.5) is 0 Å². The van der Waals surface area contributed by atoms with Gasteiger partial charge in [0, 0.05) is 19.6 Å². The number of likely N-dealkylation sites (N-methyl/N-ethyl adjacent to an activating group) is 1. The van der Waals surface area contributed by atoms with Gasteiger partial charge in [-0.25, -0.2) is 4.99 Å². The number of ether oxygens (including phenoxy) is 1. The maximum absolute atomic E-state index is 5.85. The predicted molar refractivity (Wildman–Crippen MR) is 126 cm³/mol. The molecule has 31 heavy (non-hydrogen) atoms. The number of hydrogen-bond donors (Lipinski definition) is 2. The van der Waals surface area contributed by atoms with Crippen LogP contribution in [0.2, 0.25) is 0 Å². The molecule has 1 fully saturated rings. The van der Waals surface area contributed by atoms with E-state index in [4.69, 9.17) is 14.1 Å². The smallest absolute Gasteiger partial charge is 0.191 e. The molecule has 0 amide bonds. The van der Waals surface area contributed by atoms with Gasteiger partial charge in [0.25, 0.3) is 0 Å². The van der Waals surface area contributed by atoms with Crippen molar-refractivity contribution in [2.45, 2.75) is 32.4 Å². The van der Waals surface area contributed by atoms with Gasteiger partial charge in [-0.2, -0.15) is 0 Å². The van der Waals surface area contributed by atoms with Crippen molar-refractivity contribution in [1.82, 2.24) is 20.4 Å². The van der Waals surface area contributed by atoms with E-state index < -0.39 is 0 Å². The quantitative estimate of drug-likeness (QED) is 0.424. The van der Waals surface area contributed by atoms with Crippen LogP contribution in [0.3, 0.4) is 0 Å². The van der Waals surface area contributed by atoms with Crippen LogP contribution < -0.4 is 15.4 Å². The lowest BCUT2D eigenvalue weighted by molar-refractivity contribution is 0.215. The molecule has 0 bridgehead atoms. The van der Waals surface area contributed by atoms with Crippen molar-refractivity contribution < 1.29 is 9.15 Å². The van der Waals surface area contributed by atoms with Gasteiger partial charge in [0.15, 0.2) is 5.96 Å². The molecule has 1 aromatic carbocycles. The van der Waals surface area contributed by atoms with Gasteiger partial charge in [-0.15, -0.1) is 0 Å². The molecule has 170 valence electrons. The number of hydrogen-bond acceptors (Lipinski definition) is 5. The second-order valence-electron chi connectivity index (χ2n) is 8.15. The van der Waals surface area contributed by atoms with Gasteiger partial charge in [-0.3, -0.25) is 4.90 Å². The Balaban J connectivity index is 1.59. The van der Waals surface area contributed by atoms with E-state index in [0.29, 0.717) is 13.2 Å². The van der Waals surface area contributed by atoms with E-state index >= 15 is 0 Å². The van der Waals surface area contributed by atoms with Crippen molar-refractivity contribution in [3.63, 3.8) is 0 Å². The summed E-state index contributed by atoms with van der Waals surface area (Å²) in [6, 6.07) is 12.4. The van der Waals surface area contributed by atoms with E-state index in [0.717, 1.165) is 55.8 Å². The minimum atomic E-state index is 0.217. The van der Waals surface area contributed by atoms with E-state index in [1.807, 2.05) is 32.3 Å². The molecular formula is C24H37N5O2. The summed E-state index contributed by atoms with van der Waals surface area (Å²) in [5.74, 6) is 2.71. The molecule has 7 nitrogen and oxygen atoms in total. The first-order chi connectivity index (χ1) is 15.2. The largest absolute Gasteiger partial charge is 0.492 e. The molecule has 1 saturated heterocycles. The molecule has 0 aliphatic carbocycles. The second kappa shape index (κ2) is 12.4. The molecular weight excluding hydrogens is 390 g/mol. The van der Waals surface area contributed by atoms with Gasteiger partial charge < -0.3 is 24.7 Å². The molecule has 1 unspecified atom stereocenters. The van der Waals surface area contributed by atoms with Crippen molar-refractivity contribution in [1.29, 1.82) is 0 Å². The minimum absolute atomic E-state index is 0.217. The van der Waals surface area contributed by atoms with E-state index in [-0.39, 0.29) is 6.04 Å². The maximum Gasteiger partial charge on any atom is 0.191 e. The van der Waals surface area contributed by atoms with Crippen molar-refractivity contribution in [3.05, 3.63) is 54.0 Å². The van der Waals surface area contributed by atoms with Gasteiger partial charge in [-0.05, 0) is 76.8 Å². The number of aliphatic imine (C=N–C) groups is 1. The molecule has 0 saturated carbocycles. The van der Waals surface area contributed by atoms with Crippen molar-refractivity contribution in [3.8, 4) is 5.75 Å². The number of furan rings is 1. The zero-order valence-corrected chi connectivity index (χ0v) is 19.1. The van der Waals surface area contributed by atoms with E-state index in [1.165, 1.54) is 12.8 Å². The maximum atomic E-state index is 5.85. The van der Waals surface area contributed by atoms with Gasteiger partial charge in [0.05, 0.1) is 18.8 Å². The number of likely N-dealkylation sites (tertiary alicyclic amines) is 1. The standard InChI is InChI=1S/C24H37N5O2/c1-4-25-24(26-18-20-9-7-10-21(17-20)30-16-14-28(2)3)27-19-22(23-11-8-15-31-23)29-12-5-6-13-29/h7-11,15,17,22H,4-6,12-14,16,18-19H2,1-3H3,(H2,25,26,27). The average molecular weight is 428 g/mol. The van der Waals surface area contributed by atoms with E-state index in [1.54, 1.807) is 6.26 Å². The first-order valence-corrected chi connectivity index (χ1v) is 11.3. The van der Waals surface area contributed by atoms with Crippen LogP contribution in [0.25, 0.3) is 0 Å². The first-order valence-electron chi connectivity index (χ1n) is 11.3. The molecule has 2 N–H and O–H groups in total. The second-order valence-corrected chi connectivity index (χ2v) is 8.15. The number of nitrogens with zero attached hydrogens (tertiary/aromatic N) is 3. The average Bonchev–Trinajstić information content (AvgIpc) is 3.47. The summed E-state index contributed by atoms with van der Waals surface area (Å²) in [4.78, 5) is 9.40. The van der Waals surface area contributed by atoms with Gasteiger partial charge in [0.1, 0.15) is 18.1 Å². The molecule has 3 rings (SSSR count). The van der Waals surface area contributed by atoms with Crippen molar-refractivity contribution >= 4 is 5.96 Å². The Bertz CT molecular complexity index is 785. The van der Waals surface area contributed by atoms with Crippen LogP contribution >= 0.6 is 0 Å². The van der Waals surface area contributed by atoms with Gasteiger partial charge in [0.2, 0.25) is 0 Å². The molecule has 2 aromatic rings. The Labute approximate surface area is 186 Å².